The number of esters is 2. The second-order valence-electron chi connectivity index (χ2n) is 7.15. The van der Waals surface area contributed by atoms with Crippen LogP contribution in [0.1, 0.15) is 45.6 Å². The number of aliphatic imine (C=N–C) groups is 1. The van der Waals surface area contributed by atoms with Gasteiger partial charge in [0.1, 0.15) is 5.92 Å². The van der Waals surface area contributed by atoms with Crippen LogP contribution in [0.15, 0.2) is 33.1 Å². The fourth-order valence-electron chi connectivity index (χ4n) is 4.23. The van der Waals surface area contributed by atoms with Crippen LogP contribution >= 0.6 is 11.3 Å². The lowest BCUT2D eigenvalue weighted by Gasteiger charge is -2.39. The van der Waals surface area contributed by atoms with Crippen LogP contribution in [0.5, 0.6) is 0 Å². The highest BCUT2D eigenvalue weighted by Crippen LogP contribution is 2.46. The average Bonchev–Trinajstić information content (AvgIpc) is 3.15. The summed E-state index contributed by atoms with van der Waals surface area (Å²) >= 11 is 1.50. The molecule has 4 atom stereocenters. The van der Waals surface area contributed by atoms with Crippen molar-refractivity contribution < 1.29 is 23.9 Å². The standard InChI is InChI=1S/C21H25NO5S/c1-5-26-20(24)15-11(3)9-14-18(19(15)23)17(13-7-8-28-10-13)16(12(4)22-14)21(25)27-6-2/h7-8,10-11,15,17-18H,5-6,9H2,1-4H3/t11-,15-,17-,18?/m1/s1. The van der Waals surface area contributed by atoms with Gasteiger partial charge in [-0.3, -0.25) is 14.6 Å². The van der Waals surface area contributed by atoms with Crippen molar-refractivity contribution in [2.45, 2.75) is 40.0 Å². The zero-order chi connectivity index (χ0) is 20.4. The molecule has 0 bridgehead atoms. The van der Waals surface area contributed by atoms with Crippen LogP contribution in [0, 0.1) is 17.8 Å². The fraction of sp³-hybridized carbons (Fsp3) is 0.524. The molecule has 1 aliphatic heterocycles. The van der Waals surface area contributed by atoms with Crippen molar-refractivity contribution >= 4 is 34.8 Å². The Bertz CT molecular complexity index is 839. The van der Waals surface area contributed by atoms with Crippen molar-refractivity contribution in [2.75, 3.05) is 13.2 Å². The van der Waals surface area contributed by atoms with Crippen LogP contribution in [0.2, 0.25) is 0 Å². The van der Waals surface area contributed by atoms with Gasteiger partial charge in [0.25, 0.3) is 0 Å². The first-order valence-electron chi connectivity index (χ1n) is 9.58. The molecule has 0 spiro atoms. The van der Waals surface area contributed by atoms with E-state index in [4.69, 9.17) is 9.47 Å². The molecular formula is C21H25NO5S. The number of hydrogen-bond donors (Lipinski definition) is 0. The van der Waals surface area contributed by atoms with E-state index in [1.54, 1.807) is 20.8 Å². The molecule has 0 saturated heterocycles. The molecule has 2 aliphatic rings. The lowest BCUT2D eigenvalue weighted by Crippen LogP contribution is -2.48. The summed E-state index contributed by atoms with van der Waals surface area (Å²) in [5.41, 5.74) is 2.59. The summed E-state index contributed by atoms with van der Waals surface area (Å²) in [6.07, 6.45) is 0.522. The molecule has 1 aliphatic carbocycles. The number of ether oxygens (including phenoxy) is 2. The van der Waals surface area contributed by atoms with Gasteiger partial charge >= 0.3 is 11.9 Å². The van der Waals surface area contributed by atoms with Crippen molar-refractivity contribution in [2.24, 2.45) is 22.7 Å². The summed E-state index contributed by atoms with van der Waals surface area (Å²) in [5, 5.41) is 3.85. The molecule has 7 heteroatoms. The first-order chi connectivity index (χ1) is 13.4. The molecule has 6 nitrogen and oxygen atoms in total. The van der Waals surface area contributed by atoms with Crippen LogP contribution in [0.4, 0.5) is 0 Å². The first-order valence-corrected chi connectivity index (χ1v) is 10.5. The number of rotatable bonds is 5. The Morgan fingerprint density at radius 3 is 2.54 bits per heavy atom. The highest BCUT2D eigenvalue weighted by atomic mass is 32.1. The van der Waals surface area contributed by atoms with E-state index < -0.39 is 29.7 Å². The van der Waals surface area contributed by atoms with E-state index in [9.17, 15) is 14.4 Å². The molecule has 1 fully saturated rings. The number of allylic oxidation sites excluding steroid dienone is 1. The van der Waals surface area contributed by atoms with Crippen LogP contribution in [0.3, 0.4) is 0 Å². The number of ketones is 1. The van der Waals surface area contributed by atoms with Gasteiger partial charge in [-0.15, -0.1) is 0 Å². The van der Waals surface area contributed by atoms with Crippen molar-refractivity contribution in [1.29, 1.82) is 0 Å². The fourth-order valence-corrected chi connectivity index (χ4v) is 4.92. The molecular weight excluding hydrogens is 378 g/mol. The molecule has 150 valence electrons. The molecule has 1 unspecified atom stereocenters. The van der Waals surface area contributed by atoms with Gasteiger partial charge in [0, 0.05) is 17.3 Å². The second-order valence-corrected chi connectivity index (χ2v) is 7.93. The minimum atomic E-state index is -0.841. The van der Waals surface area contributed by atoms with Crippen LogP contribution < -0.4 is 0 Å². The first kappa shape index (κ1) is 20.5. The van der Waals surface area contributed by atoms with Gasteiger partial charge < -0.3 is 9.47 Å². The van der Waals surface area contributed by atoms with Gasteiger partial charge in [0.15, 0.2) is 5.78 Å². The number of nitrogens with zero attached hydrogens (tertiary/aromatic N) is 1. The number of hydrogen-bond acceptors (Lipinski definition) is 7. The van der Waals surface area contributed by atoms with Gasteiger partial charge in [-0.1, -0.05) is 6.92 Å². The van der Waals surface area contributed by atoms with Gasteiger partial charge in [-0.25, -0.2) is 4.79 Å². The Kier molecular flexibility index (Phi) is 6.13. The van der Waals surface area contributed by atoms with Gasteiger partial charge in [0.2, 0.25) is 0 Å². The summed E-state index contributed by atoms with van der Waals surface area (Å²) in [5.74, 6) is -3.35. The highest BCUT2D eigenvalue weighted by molar-refractivity contribution is 7.08. The largest absolute Gasteiger partial charge is 0.465 e. The van der Waals surface area contributed by atoms with Crippen LogP contribution in [-0.2, 0) is 23.9 Å². The van der Waals surface area contributed by atoms with E-state index in [0.717, 1.165) is 11.3 Å². The molecule has 2 heterocycles. The topological polar surface area (TPSA) is 82.0 Å². The second kappa shape index (κ2) is 8.39. The third-order valence-corrected chi connectivity index (χ3v) is 6.06. The lowest BCUT2D eigenvalue weighted by molar-refractivity contribution is -0.154. The number of carbonyl (C=O) groups is 3. The van der Waals surface area contributed by atoms with E-state index >= 15 is 0 Å². The SMILES string of the molecule is CCOC(=O)C1=C(C)N=C2C[C@@H](C)[C@@H](C(=O)OCC)C(=O)C2[C@@H]1c1ccsc1. The minimum absolute atomic E-state index is 0.193. The normalized spacial score (nSPS) is 27.1. The van der Waals surface area contributed by atoms with Gasteiger partial charge in [-0.05, 0) is 55.5 Å². The molecule has 1 saturated carbocycles. The molecule has 0 aromatic carbocycles. The molecule has 1 aromatic heterocycles. The Balaban J connectivity index is 2.10. The number of carbonyl (C=O) groups excluding carboxylic acids is 3. The number of fused-ring (bicyclic) bond motifs is 1. The number of Topliss-reactive ketones (excluding diaryl/α,β-unsaturated/α-hetero) is 1. The third-order valence-electron chi connectivity index (χ3n) is 5.36. The van der Waals surface area contributed by atoms with Crippen molar-refractivity contribution in [1.82, 2.24) is 0 Å². The zero-order valence-electron chi connectivity index (χ0n) is 16.6. The monoisotopic (exact) mass is 403 g/mol. The quantitative estimate of drug-likeness (QED) is 0.555. The van der Waals surface area contributed by atoms with E-state index in [1.807, 2.05) is 23.8 Å². The van der Waals surface area contributed by atoms with Crippen molar-refractivity contribution in [3.63, 3.8) is 0 Å². The van der Waals surface area contributed by atoms with E-state index in [2.05, 4.69) is 4.99 Å². The van der Waals surface area contributed by atoms with Crippen LogP contribution in [0.25, 0.3) is 0 Å². The third kappa shape index (κ3) is 3.55. The Morgan fingerprint density at radius 1 is 1.21 bits per heavy atom. The lowest BCUT2D eigenvalue weighted by atomic mass is 9.64. The van der Waals surface area contributed by atoms with Crippen LogP contribution in [-0.4, -0.2) is 36.6 Å². The van der Waals surface area contributed by atoms with E-state index in [1.165, 1.54) is 11.3 Å². The minimum Gasteiger partial charge on any atom is -0.465 e. The van der Waals surface area contributed by atoms with E-state index in [-0.39, 0.29) is 24.9 Å². The smallest absolute Gasteiger partial charge is 0.336 e. The maximum Gasteiger partial charge on any atom is 0.336 e. The maximum absolute atomic E-state index is 13.5. The molecule has 3 rings (SSSR count). The average molecular weight is 404 g/mol. The van der Waals surface area contributed by atoms with Crippen molar-refractivity contribution in [3.8, 4) is 0 Å². The molecule has 0 N–H and O–H groups in total. The van der Waals surface area contributed by atoms with Gasteiger partial charge in [0.05, 0.1) is 24.7 Å². The summed E-state index contributed by atoms with van der Waals surface area (Å²) in [7, 11) is 0. The molecule has 1 aromatic rings. The van der Waals surface area contributed by atoms with Gasteiger partial charge in [-0.2, -0.15) is 11.3 Å². The zero-order valence-corrected chi connectivity index (χ0v) is 17.4. The summed E-state index contributed by atoms with van der Waals surface area (Å²) in [6, 6.07) is 1.91. The Labute approximate surface area is 168 Å². The summed E-state index contributed by atoms with van der Waals surface area (Å²) in [4.78, 5) is 43.3. The molecule has 0 amide bonds. The predicted octanol–water partition coefficient (Wildman–Crippen LogP) is 3.53. The highest BCUT2D eigenvalue weighted by Gasteiger charge is 2.51. The summed E-state index contributed by atoms with van der Waals surface area (Å²) in [6.45, 7) is 7.59. The predicted molar refractivity (Wildman–Crippen MR) is 106 cm³/mol. The summed E-state index contributed by atoms with van der Waals surface area (Å²) < 4.78 is 10.4. The Hall–Kier alpha value is -2.28. The van der Waals surface area contributed by atoms with E-state index in [0.29, 0.717) is 17.7 Å². The molecule has 0 radical (unpaired) electrons. The maximum atomic E-state index is 13.5. The molecule has 28 heavy (non-hydrogen) atoms. The van der Waals surface area contributed by atoms with Crippen molar-refractivity contribution in [3.05, 3.63) is 33.7 Å². The number of thiophene rings is 1. The Morgan fingerprint density at radius 2 is 1.93 bits per heavy atom.